The highest BCUT2D eigenvalue weighted by molar-refractivity contribution is 9.10. The van der Waals surface area contributed by atoms with E-state index in [2.05, 4.69) is 15.9 Å². The first-order chi connectivity index (χ1) is 9.93. The minimum absolute atomic E-state index is 0.203. The average Bonchev–Trinajstić information content (AvgIpc) is 2.44. The van der Waals surface area contributed by atoms with Gasteiger partial charge in [-0.15, -0.1) is 0 Å². The maximum absolute atomic E-state index is 13.9. The minimum atomic E-state index is -0.925. The third kappa shape index (κ3) is 3.21. The first kappa shape index (κ1) is 15.4. The molecular formula is C15H12BrF2NO2. The number of carbonyl (C=O) groups is 1. The smallest absolute Gasteiger partial charge is 0.196 e. The van der Waals surface area contributed by atoms with Gasteiger partial charge in [0.05, 0.1) is 22.3 Å². The SMILES string of the molecule is CCOc1ccc(C(=O)c2cc(F)cc(N)c2F)cc1Br. The molecule has 0 aliphatic rings. The Morgan fingerprint density at radius 1 is 1.29 bits per heavy atom. The zero-order chi connectivity index (χ0) is 15.6. The number of halogens is 3. The van der Waals surface area contributed by atoms with Crippen LogP contribution in [0.1, 0.15) is 22.8 Å². The second kappa shape index (κ2) is 6.22. The molecule has 0 unspecified atom stereocenters. The lowest BCUT2D eigenvalue weighted by molar-refractivity contribution is 0.103. The van der Waals surface area contributed by atoms with Crippen molar-refractivity contribution in [1.29, 1.82) is 0 Å². The van der Waals surface area contributed by atoms with Crippen molar-refractivity contribution in [3.63, 3.8) is 0 Å². The number of rotatable bonds is 4. The Labute approximate surface area is 128 Å². The highest BCUT2D eigenvalue weighted by atomic mass is 79.9. The van der Waals surface area contributed by atoms with Gasteiger partial charge in [0.2, 0.25) is 0 Å². The van der Waals surface area contributed by atoms with Crippen LogP contribution in [0.3, 0.4) is 0 Å². The van der Waals surface area contributed by atoms with Crippen molar-refractivity contribution < 1.29 is 18.3 Å². The first-order valence-electron chi connectivity index (χ1n) is 6.15. The summed E-state index contributed by atoms with van der Waals surface area (Å²) in [6, 6.07) is 6.23. The zero-order valence-corrected chi connectivity index (χ0v) is 12.7. The zero-order valence-electron chi connectivity index (χ0n) is 11.1. The molecule has 0 saturated carbocycles. The second-order valence-electron chi connectivity index (χ2n) is 4.26. The van der Waals surface area contributed by atoms with Crippen LogP contribution in [0.25, 0.3) is 0 Å². The molecule has 110 valence electrons. The summed E-state index contributed by atoms with van der Waals surface area (Å²) in [4.78, 5) is 12.3. The summed E-state index contributed by atoms with van der Waals surface area (Å²) in [5.41, 5.74) is 4.74. The van der Waals surface area contributed by atoms with E-state index in [1.165, 1.54) is 12.1 Å². The number of nitrogen functional groups attached to an aromatic ring is 1. The Hall–Kier alpha value is -1.95. The van der Waals surface area contributed by atoms with Crippen molar-refractivity contribution in [3.05, 3.63) is 57.6 Å². The van der Waals surface area contributed by atoms with Crippen LogP contribution in [0.15, 0.2) is 34.8 Å². The Kier molecular flexibility index (Phi) is 4.57. The molecule has 0 aromatic heterocycles. The Morgan fingerprint density at radius 3 is 2.62 bits per heavy atom. The van der Waals surface area contributed by atoms with Gasteiger partial charge in [-0.05, 0) is 53.2 Å². The predicted octanol–water partition coefficient (Wildman–Crippen LogP) is 3.94. The summed E-state index contributed by atoms with van der Waals surface area (Å²) in [6.07, 6.45) is 0. The van der Waals surface area contributed by atoms with Crippen molar-refractivity contribution in [2.75, 3.05) is 12.3 Å². The van der Waals surface area contributed by atoms with E-state index in [0.717, 1.165) is 12.1 Å². The number of carbonyl (C=O) groups excluding carboxylic acids is 1. The van der Waals surface area contributed by atoms with E-state index in [0.29, 0.717) is 16.8 Å². The van der Waals surface area contributed by atoms with E-state index in [-0.39, 0.29) is 5.56 Å². The van der Waals surface area contributed by atoms with Gasteiger partial charge >= 0.3 is 0 Å². The van der Waals surface area contributed by atoms with E-state index in [9.17, 15) is 13.6 Å². The normalized spacial score (nSPS) is 10.5. The maximum atomic E-state index is 13.9. The molecule has 0 spiro atoms. The van der Waals surface area contributed by atoms with Gasteiger partial charge in [0, 0.05) is 5.56 Å². The summed E-state index contributed by atoms with van der Waals surface area (Å²) in [7, 11) is 0. The van der Waals surface area contributed by atoms with Gasteiger partial charge in [0.15, 0.2) is 11.6 Å². The van der Waals surface area contributed by atoms with Crippen LogP contribution in [0, 0.1) is 11.6 Å². The van der Waals surface area contributed by atoms with Gasteiger partial charge in [0.25, 0.3) is 0 Å². The third-order valence-electron chi connectivity index (χ3n) is 2.80. The van der Waals surface area contributed by atoms with E-state index in [1.54, 1.807) is 6.07 Å². The van der Waals surface area contributed by atoms with Gasteiger partial charge in [-0.2, -0.15) is 0 Å². The summed E-state index contributed by atoms with van der Waals surface area (Å²) in [5, 5.41) is 0. The summed E-state index contributed by atoms with van der Waals surface area (Å²) in [6.45, 7) is 2.30. The molecule has 0 amide bonds. The molecule has 0 aliphatic carbocycles. The molecule has 2 aromatic rings. The lowest BCUT2D eigenvalue weighted by Crippen LogP contribution is -2.08. The van der Waals surface area contributed by atoms with Crippen LogP contribution in [0.5, 0.6) is 5.75 Å². The van der Waals surface area contributed by atoms with Crippen molar-refractivity contribution in [2.24, 2.45) is 0 Å². The van der Waals surface area contributed by atoms with Crippen LogP contribution in [0.4, 0.5) is 14.5 Å². The Balaban J connectivity index is 2.43. The molecule has 2 aromatic carbocycles. The second-order valence-corrected chi connectivity index (χ2v) is 5.12. The van der Waals surface area contributed by atoms with Crippen molar-refractivity contribution in [3.8, 4) is 5.75 Å². The van der Waals surface area contributed by atoms with Gasteiger partial charge in [-0.1, -0.05) is 0 Å². The average molecular weight is 356 g/mol. The van der Waals surface area contributed by atoms with Crippen LogP contribution in [-0.4, -0.2) is 12.4 Å². The number of hydrogen-bond acceptors (Lipinski definition) is 3. The van der Waals surface area contributed by atoms with Crippen molar-refractivity contribution in [1.82, 2.24) is 0 Å². The molecule has 3 nitrogen and oxygen atoms in total. The molecule has 0 aliphatic heterocycles. The summed E-state index contributed by atoms with van der Waals surface area (Å²) >= 11 is 3.27. The highest BCUT2D eigenvalue weighted by Crippen LogP contribution is 2.28. The number of ether oxygens (including phenoxy) is 1. The fourth-order valence-electron chi connectivity index (χ4n) is 1.85. The van der Waals surface area contributed by atoms with Gasteiger partial charge in [-0.25, -0.2) is 8.78 Å². The van der Waals surface area contributed by atoms with Gasteiger partial charge in [0.1, 0.15) is 11.6 Å². The molecule has 2 rings (SSSR count). The van der Waals surface area contributed by atoms with Crippen LogP contribution >= 0.6 is 15.9 Å². The van der Waals surface area contributed by atoms with E-state index >= 15 is 0 Å². The highest BCUT2D eigenvalue weighted by Gasteiger charge is 2.18. The molecule has 0 bridgehead atoms. The topological polar surface area (TPSA) is 52.3 Å². The number of ketones is 1. The largest absolute Gasteiger partial charge is 0.493 e. The summed E-state index contributed by atoms with van der Waals surface area (Å²) in [5.74, 6) is -1.77. The molecule has 0 radical (unpaired) electrons. The standard InChI is InChI=1S/C15H12BrF2NO2/c1-2-21-13-4-3-8(5-11(13)16)15(20)10-6-9(17)7-12(19)14(10)18/h3-7H,2,19H2,1H3. The molecule has 6 heteroatoms. The number of nitrogens with two attached hydrogens (primary N) is 1. The number of anilines is 1. The van der Waals surface area contributed by atoms with Crippen molar-refractivity contribution in [2.45, 2.75) is 6.92 Å². The van der Waals surface area contributed by atoms with Crippen LogP contribution in [0.2, 0.25) is 0 Å². The monoisotopic (exact) mass is 355 g/mol. The van der Waals surface area contributed by atoms with E-state index in [4.69, 9.17) is 10.5 Å². The van der Waals surface area contributed by atoms with Crippen molar-refractivity contribution >= 4 is 27.4 Å². The van der Waals surface area contributed by atoms with E-state index in [1.807, 2.05) is 6.92 Å². The third-order valence-corrected chi connectivity index (χ3v) is 3.42. The number of hydrogen-bond donors (Lipinski definition) is 1. The molecule has 21 heavy (non-hydrogen) atoms. The molecule has 0 atom stereocenters. The van der Waals surface area contributed by atoms with Crippen LogP contribution in [-0.2, 0) is 0 Å². The molecule has 0 fully saturated rings. The molecule has 0 heterocycles. The fourth-order valence-corrected chi connectivity index (χ4v) is 2.34. The molecule has 2 N–H and O–H groups in total. The lowest BCUT2D eigenvalue weighted by Gasteiger charge is -2.09. The predicted molar refractivity (Wildman–Crippen MR) is 79.5 cm³/mol. The molecular weight excluding hydrogens is 344 g/mol. The Bertz CT molecular complexity index is 704. The Morgan fingerprint density at radius 2 is 2.00 bits per heavy atom. The van der Waals surface area contributed by atoms with Crippen LogP contribution < -0.4 is 10.5 Å². The number of benzene rings is 2. The van der Waals surface area contributed by atoms with Gasteiger partial charge in [-0.3, -0.25) is 4.79 Å². The quantitative estimate of drug-likeness (QED) is 0.667. The minimum Gasteiger partial charge on any atom is -0.493 e. The fraction of sp³-hybridized carbons (Fsp3) is 0.133. The summed E-state index contributed by atoms with van der Waals surface area (Å²) < 4.78 is 33.1. The maximum Gasteiger partial charge on any atom is 0.196 e. The van der Waals surface area contributed by atoms with E-state index < -0.39 is 28.7 Å². The first-order valence-corrected chi connectivity index (χ1v) is 6.95. The van der Waals surface area contributed by atoms with Gasteiger partial charge < -0.3 is 10.5 Å². The molecule has 0 saturated heterocycles. The lowest BCUT2D eigenvalue weighted by atomic mass is 10.0.